The minimum absolute atomic E-state index is 0.0375. The highest BCUT2D eigenvalue weighted by Gasteiger charge is 2.69. The molecule has 0 aromatic heterocycles. The van der Waals surface area contributed by atoms with Crippen molar-refractivity contribution in [3.05, 3.63) is 24.3 Å². The van der Waals surface area contributed by atoms with Crippen LogP contribution in [0.3, 0.4) is 0 Å². The number of rotatable bonds is 5. The number of hydrogen-bond donors (Lipinski definition) is 1. The fourth-order valence-electron chi connectivity index (χ4n) is 5.62. The summed E-state index contributed by atoms with van der Waals surface area (Å²) >= 11 is 0. The van der Waals surface area contributed by atoms with E-state index in [0.717, 1.165) is 30.6 Å². The minimum atomic E-state index is -3.88. The van der Waals surface area contributed by atoms with Crippen LogP contribution in [-0.4, -0.2) is 43.1 Å². The molecule has 2 saturated carbocycles. The average Bonchev–Trinajstić information content (AvgIpc) is 3.12. The molecule has 0 bridgehead atoms. The van der Waals surface area contributed by atoms with Gasteiger partial charge in [0.2, 0.25) is 21.8 Å². The van der Waals surface area contributed by atoms with Crippen molar-refractivity contribution < 1.29 is 22.8 Å². The van der Waals surface area contributed by atoms with Gasteiger partial charge >= 0.3 is 0 Å². The first kappa shape index (κ1) is 22.9. The first-order chi connectivity index (χ1) is 14.8. The molecule has 0 radical (unpaired) electrons. The molecule has 32 heavy (non-hydrogen) atoms. The summed E-state index contributed by atoms with van der Waals surface area (Å²) in [6, 6.07) is 4.46. The Kier molecular flexibility index (Phi) is 5.29. The number of hydrogen-bond acceptors (Lipinski definition) is 5. The van der Waals surface area contributed by atoms with Gasteiger partial charge in [-0.3, -0.25) is 14.4 Å². The summed E-state index contributed by atoms with van der Waals surface area (Å²) in [6.45, 7) is 8.29. The van der Waals surface area contributed by atoms with E-state index in [0.29, 0.717) is 0 Å². The van der Waals surface area contributed by atoms with Crippen LogP contribution in [0, 0.1) is 16.7 Å². The van der Waals surface area contributed by atoms with Gasteiger partial charge in [0.25, 0.3) is 5.91 Å². The normalized spacial score (nSPS) is 25.4. The number of anilines is 1. The van der Waals surface area contributed by atoms with Gasteiger partial charge in [0, 0.05) is 12.0 Å². The van der Waals surface area contributed by atoms with Gasteiger partial charge < -0.3 is 4.90 Å². The predicted molar refractivity (Wildman–Crippen MR) is 119 cm³/mol. The second-order valence-corrected chi connectivity index (χ2v) is 11.9. The Morgan fingerprint density at radius 2 is 1.56 bits per heavy atom. The highest BCUT2D eigenvalue weighted by Crippen LogP contribution is 2.69. The predicted octanol–water partition coefficient (Wildman–Crippen LogP) is 2.42. The molecule has 3 fully saturated rings. The summed E-state index contributed by atoms with van der Waals surface area (Å²) in [6.07, 6.45) is 3.60. The van der Waals surface area contributed by atoms with E-state index in [9.17, 15) is 22.8 Å². The van der Waals surface area contributed by atoms with Crippen LogP contribution in [0.5, 0.6) is 0 Å². The third-order valence-electron chi connectivity index (χ3n) is 8.12. The molecule has 1 aromatic rings. The molecule has 2 N–H and O–H groups in total. The van der Waals surface area contributed by atoms with Gasteiger partial charge in [-0.2, -0.15) is 0 Å². The number of carbonyl (C=O) groups excluding carboxylic acids is 3. The van der Waals surface area contributed by atoms with Crippen molar-refractivity contribution in [3.8, 4) is 0 Å². The first-order valence-electron chi connectivity index (χ1n) is 11.1. The van der Waals surface area contributed by atoms with Crippen molar-refractivity contribution in [1.29, 1.82) is 0 Å². The molecule has 1 unspecified atom stereocenters. The molecular weight excluding hydrogens is 430 g/mol. The molecule has 8 nitrogen and oxygen atoms in total. The molecule has 2 aliphatic carbocycles. The highest BCUT2D eigenvalue weighted by molar-refractivity contribution is 7.89. The Bertz CT molecular complexity index is 1060. The van der Waals surface area contributed by atoms with Crippen molar-refractivity contribution in [3.63, 3.8) is 0 Å². The van der Waals surface area contributed by atoms with Crippen molar-refractivity contribution in [2.45, 2.75) is 76.8 Å². The molecule has 174 valence electrons. The Morgan fingerprint density at radius 1 is 1.03 bits per heavy atom. The number of benzene rings is 1. The van der Waals surface area contributed by atoms with Gasteiger partial charge in [-0.05, 0) is 47.9 Å². The largest absolute Gasteiger partial charge is 0.327 e. The van der Waals surface area contributed by atoms with Crippen LogP contribution in [0.15, 0.2) is 29.2 Å². The highest BCUT2D eigenvalue weighted by atomic mass is 32.2. The lowest BCUT2D eigenvalue weighted by molar-refractivity contribution is -0.143. The van der Waals surface area contributed by atoms with Crippen LogP contribution in [-0.2, 0) is 24.4 Å². The second-order valence-electron chi connectivity index (χ2n) is 10.4. The van der Waals surface area contributed by atoms with E-state index in [1.807, 2.05) is 0 Å². The zero-order valence-electron chi connectivity index (χ0n) is 19.0. The van der Waals surface area contributed by atoms with Crippen molar-refractivity contribution in [2.75, 3.05) is 4.90 Å². The smallest absolute Gasteiger partial charge is 0.257 e. The maximum Gasteiger partial charge on any atom is 0.257 e. The average molecular weight is 462 g/mol. The van der Waals surface area contributed by atoms with E-state index in [1.165, 1.54) is 24.3 Å². The van der Waals surface area contributed by atoms with E-state index in [1.54, 1.807) is 4.90 Å². The summed E-state index contributed by atoms with van der Waals surface area (Å²) < 4.78 is 23.0. The number of nitrogens with zero attached hydrogens (tertiary/aromatic N) is 2. The number of amides is 3. The number of nitrogens with two attached hydrogens (primary N) is 1. The summed E-state index contributed by atoms with van der Waals surface area (Å²) in [7, 11) is -3.88. The van der Waals surface area contributed by atoms with Gasteiger partial charge in [-0.1, -0.05) is 40.5 Å². The van der Waals surface area contributed by atoms with Crippen LogP contribution in [0.4, 0.5) is 5.69 Å². The lowest BCUT2D eigenvalue weighted by atomic mass is 10.0. The van der Waals surface area contributed by atoms with E-state index in [2.05, 4.69) is 27.7 Å². The summed E-state index contributed by atoms with van der Waals surface area (Å²) in [5.74, 6) is -1.06. The lowest BCUT2D eigenvalue weighted by Crippen LogP contribution is -2.51. The maximum absolute atomic E-state index is 13.7. The molecule has 0 spiro atoms. The third-order valence-corrected chi connectivity index (χ3v) is 9.05. The molecule has 9 heteroatoms. The second kappa shape index (κ2) is 7.38. The minimum Gasteiger partial charge on any atom is -0.327 e. The number of primary sulfonamides is 1. The lowest BCUT2D eigenvalue weighted by Gasteiger charge is -2.34. The molecule has 1 heterocycles. The van der Waals surface area contributed by atoms with Crippen LogP contribution in [0.1, 0.15) is 59.8 Å². The van der Waals surface area contributed by atoms with Crippen molar-refractivity contribution in [1.82, 2.24) is 4.90 Å². The molecule has 1 saturated heterocycles. The van der Waals surface area contributed by atoms with Crippen LogP contribution < -0.4 is 10.0 Å². The SMILES string of the molecule is CC1(C)C(C(=O)N(C2CCCC2)C2CC(=O)N(c3ccc(S(N)(=O)=O)cc3)C2=O)C1(C)C. The van der Waals surface area contributed by atoms with Gasteiger partial charge in [-0.15, -0.1) is 0 Å². The van der Waals surface area contributed by atoms with E-state index >= 15 is 0 Å². The maximum atomic E-state index is 13.7. The van der Waals surface area contributed by atoms with Crippen molar-refractivity contribution in [2.24, 2.45) is 21.9 Å². The molecule has 3 amide bonds. The van der Waals surface area contributed by atoms with Crippen LogP contribution >= 0.6 is 0 Å². The quantitative estimate of drug-likeness (QED) is 0.676. The summed E-state index contributed by atoms with van der Waals surface area (Å²) in [5.41, 5.74) is -0.0631. The Morgan fingerprint density at radius 3 is 2.03 bits per heavy atom. The zero-order chi connectivity index (χ0) is 23.6. The number of imide groups is 1. The molecule has 1 aliphatic heterocycles. The topological polar surface area (TPSA) is 118 Å². The van der Waals surface area contributed by atoms with Gasteiger partial charge in [0.15, 0.2) is 0 Å². The van der Waals surface area contributed by atoms with Crippen LogP contribution in [0.2, 0.25) is 0 Å². The molecular formula is C23H31N3O5S. The van der Waals surface area contributed by atoms with Crippen molar-refractivity contribution >= 4 is 33.4 Å². The van der Waals surface area contributed by atoms with Gasteiger partial charge in [0.05, 0.1) is 17.0 Å². The monoisotopic (exact) mass is 461 g/mol. The molecule has 1 atom stereocenters. The van der Waals surface area contributed by atoms with Gasteiger partial charge in [0.1, 0.15) is 6.04 Å². The first-order valence-corrected chi connectivity index (χ1v) is 12.6. The number of carbonyl (C=O) groups is 3. The Labute approximate surface area is 189 Å². The Balaban J connectivity index is 1.64. The van der Waals surface area contributed by atoms with Gasteiger partial charge in [-0.25, -0.2) is 18.5 Å². The molecule has 1 aromatic carbocycles. The van der Waals surface area contributed by atoms with E-state index in [-0.39, 0.29) is 45.7 Å². The fourth-order valence-corrected chi connectivity index (χ4v) is 6.14. The fraction of sp³-hybridized carbons (Fsp3) is 0.609. The zero-order valence-corrected chi connectivity index (χ0v) is 19.8. The van der Waals surface area contributed by atoms with E-state index in [4.69, 9.17) is 5.14 Å². The number of sulfonamides is 1. The molecule has 3 aliphatic rings. The standard InChI is InChI=1S/C23H31N3O5S/c1-22(2)19(23(22,3)4)21(29)25(14-7-5-6-8-14)17-13-18(27)26(20(17)28)15-9-11-16(12-10-15)32(24,30)31/h9-12,14,17,19H,5-8,13H2,1-4H3,(H2,24,30,31). The van der Waals surface area contributed by atoms with Crippen LogP contribution in [0.25, 0.3) is 0 Å². The summed E-state index contributed by atoms with van der Waals surface area (Å²) in [5, 5.41) is 5.14. The Hall–Kier alpha value is -2.26. The molecule has 4 rings (SSSR count). The van der Waals surface area contributed by atoms with E-state index < -0.39 is 27.9 Å². The summed E-state index contributed by atoms with van der Waals surface area (Å²) in [4.78, 5) is 42.7. The third kappa shape index (κ3) is 3.46.